The largest absolute Gasteiger partial charge is 0.466 e. The zero-order chi connectivity index (χ0) is 47.3. The third kappa shape index (κ3) is 10.3. The van der Waals surface area contributed by atoms with E-state index in [4.69, 9.17) is 29.4 Å². The van der Waals surface area contributed by atoms with Crippen molar-refractivity contribution in [3.63, 3.8) is 0 Å². The lowest BCUT2D eigenvalue weighted by Crippen LogP contribution is -2.46. The number of methoxy groups -OCH3 is 1. The van der Waals surface area contributed by atoms with Gasteiger partial charge in [0.2, 0.25) is 5.78 Å². The van der Waals surface area contributed by atoms with Gasteiger partial charge in [-0.25, -0.2) is 19.8 Å². The molecule has 5 atom stereocenters. The second-order valence-corrected chi connectivity index (χ2v) is 19.6. The number of aliphatic hydroxyl groups is 1. The first kappa shape index (κ1) is 49.3. The van der Waals surface area contributed by atoms with E-state index in [1.165, 1.54) is 50.5 Å². The summed E-state index contributed by atoms with van der Waals surface area (Å²) in [5.41, 5.74) is 7.53. The highest BCUT2D eigenvalue weighted by Crippen LogP contribution is 2.49. The van der Waals surface area contributed by atoms with Crippen LogP contribution in [-0.4, -0.2) is 65.0 Å². The molecule has 0 aromatic rings. The number of fused-ring (bicyclic) bond motifs is 4. The van der Waals surface area contributed by atoms with Crippen LogP contribution in [0, 0.1) is 29.6 Å². The molecule has 0 unspecified atom stereocenters. The van der Waals surface area contributed by atoms with Gasteiger partial charge in [0.05, 0.1) is 58.2 Å². The number of Topliss-reactive ketones (excluding diaryl/α,β-unsaturated/α-hetero) is 1. The molecule has 6 aliphatic rings. The van der Waals surface area contributed by atoms with Gasteiger partial charge in [-0.15, -0.1) is 0 Å². The maximum atomic E-state index is 14.4. The van der Waals surface area contributed by atoms with E-state index in [0.717, 1.165) is 65.5 Å². The Labute approximate surface area is 387 Å². The molecular weight excluding hydrogens is 813 g/mol. The van der Waals surface area contributed by atoms with Gasteiger partial charge in [0.25, 0.3) is 5.60 Å². The van der Waals surface area contributed by atoms with Crippen molar-refractivity contribution in [3.05, 3.63) is 104 Å². The quantitative estimate of drug-likeness (QED) is 0.0733. The molecule has 8 bridgehead atoms. The molecule has 0 saturated heterocycles. The van der Waals surface area contributed by atoms with Crippen LogP contribution in [0.15, 0.2) is 124 Å². The minimum absolute atomic E-state index is 0.0108. The van der Waals surface area contributed by atoms with Crippen molar-refractivity contribution in [2.75, 3.05) is 13.7 Å². The Morgan fingerprint density at radius 1 is 0.846 bits per heavy atom. The molecule has 0 radical (unpaired) electrons. The summed E-state index contributed by atoms with van der Waals surface area (Å²) in [7, 11) is 1.14. The van der Waals surface area contributed by atoms with Gasteiger partial charge in [-0.3, -0.25) is 14.6 Å². The molecule has 6 rings (SSSR count). The first-order valence-corrected chi connectivity index (χ1v) is 24.1. The Morgan fingerprint density at radius 2 is 1.46 bits per heavy atom. The maximum absolute atomic E-state index is 14.4. The van der Waals surface area contributed by atoms with Gasteiger partial charge in [0.15, 0.2) is 0 Å². The lowest BCUT2D eigenvalue weighted by atomic mass is 9.82. The molecule has 0 aromatic carbocycles. The van der Waals surface area contributed by atoms with Crippen molar-refractivity contribution >= 4 is 40.6 Å². The normalized spacial score (nSPS) is 23.7. The van der Waals surface area contributed by atoms with E-state index in [2.05, 4.69) is 48.1 Å². The number of allylic oxidation sites excluding steroid dienone is 11. The molecule has 0 aromatic heterocycles. The highest BCUT2D eigenvalue weighted by Gasteiger charge is 2.62. The summed E-state index contributed by atoms with van der Waals surface area (Å²) in [6.45, 7) is 25.6. The zero-order valence-electron chi connectivity index (χ0n) is 41.0. The minimum atomic E-state index is -2.69. The van der Waals surface area contributed by atoms with E-state index in [0.29, 0.717) is 46.4 Å². The number of carbonyl (C=O) groups is 3. The number of aliphatic imine (C=N–C) groups is 4. The maximum Gasteiger partial charge on any atom is 0.351 e. The van der Waals surface area contributed by atoms with Gasteiger partial charge in [-0.1, -0.05) is 105 Å². The second-order valence-electron chi connectivity index (χ2n) is 19.6. The van der Waals surface area contributed by atoms with Gasteiger partial charge >= 0.3 is 11.9 Å². The molecule has 5 heterocycles. The molecule has 0 spiro atoms. The number of ether oxygens (including phenoxy) is 2. The smallest absolute Gasteiger partial charge is 0.351 e. The fourth-order valence-corrected chi connectivity index (χ4v) is 10.1. The van der Waals surface area contributed by atoms with Crippen LogP contribution in [0.2, 0.25) is 0 Å². The lowest BCUT2D eigenvalue weighted by Gasteiger charge is -2.24. The van der Waals surface area contributed by atoms with E-state index in [9.17, 15) is 19.5 Å². The fourth-order valence-electron chi connectivity index (χ4n) is 10.1. The van der Waals surface area contributed by atoms with E-state index in [1.54, 1.807) is 13.0 Å². The molecule has 10 heteroatoms. The standard InChI is InChI=1S/C55H72N4O6/c1-13-39-35(8)42-28-44-37(10)41(24-25-48(60)65-27-26-34(7)23-17-22-33(6)21-16-20-32(5)19-15-18-31(3)4)51(58-44)50-52-49(53(61)55(50,63)54(62)64-12)38(11)45(59-52)30-47-40(14-2)36(9)43(57-47)29-46(39)56-42/h13,26,28-33,37,41,63H,1,14-25,27H2,2-12H3/t32-,33-,37+,41+,55+/m1/s1. The van der Waals surface area contributed by atoms with Crippen molar-refractivity contribution in [2.45, 2.75) is 152 Å². The van der Waals surface area contributed by atoms with E-state index in [1.807, 2.05) is 45.1 Å². The zero-order valence-corrected chi connectivity index (χ0v) is 41.0. The highest BCUT2D eigenvalue weighted by molar-refractivity contribution is 6.46. The molecule has 0 amide bonds. The van der Waals surface area contributed by atoms with Crippen LogP contribution in [-0.2, 0) is 23.9 Å². The summed E-state index contributed by atoms with van der Waals surface area (Å²) in [6, 6.07) is 0. The Bertz CT molecular complexity index is 2380. The predicted molar refractivity (Wildman–Crippen MR) is 263 cm³/mol. The summed E-state index contributed by atoms with van der Waals surface area (Å²) in [5.74, 6) is -0.824. The summed E-state index contributed by atoms with van der Waals surface area (Å²) >= 11 is 0. The predicted octanol–water partition coefficient (Wildman–Crippen LogP) is 11.7. The molecule has 65 heavy (non-hydrogen) atoms. The molecule has 5 aliphatic heterocycles. The monoisotopic (exact) mass is 885 g/mol. The second kappa shape index (κ2) is 21.0. The van der Waals surface area contributed by atoms with Crippen LogP contribution in [0.5, 0.6) is 0 Å². The SMILES string of the molecule is C=CC1=C(C)C2=CC3=NC(=C4C5=NC(=CC6=NC(=CC1=N2)C(C)=C6CC)C(C)=C5C(=O)[C@]4(O)C(=O)OC)[C@@H](CCC(=O)OCC=C(C)CCC[C@H](C)CCC[C@H](C)CCCC(C)C)[C@@H]3C. The molecule has 1 N–H and O–H groups in total. The van der Waals surface area contributed by atoms with Crippen molar-refractivity contribution < 1.29 is 29.0 Å². The van der Waals surface area contributed by atoms with Crippen molar-refractivity contribution in [1.82, 2.24) is 0 Å². The minimum Gasteiger partial charge on any atom is -0.466 e. The number of esters is 2. The number of ketones is 1. The lowest BCUT2D eigenvalue weighted by molar-refractivity contribution is -0.161. The van der Waals surface area contributed by atoms with E-state index in [-0.39, 0.29) is 48.2 Å². The van der Waals surface area contributed by atoms with Crippen LogP contribution in [0.1, 0.15) is 146 Å². The summed E-state index contributed by atoms with van der Waals surface area (Å²) in [5, 5.41) is 12.3. The Kier molecular flexibility index (Phi) is 16.0. The average molecular weight is 885 g/mol. The van der Waals surface area contributed by atoms with E-state index < -0.39 is 23.3 Å². The summed E-state index contributed by atoms with van der Waals surface area (Å²) < 4.78 is 10.9. The third-order valence-corrected chi connectivity index (χ3v) is 14.3. The molecule has 1 saturated carbocycles. The van der Waals surface area contributed by atoms with Crippen LogP contribution >= 0.6 is 0 Å². The number of carbonyl (C=O) groups excluding carboxylic acids is 3. The van der Waals surface area contributed by atoms with Crippen molar-refractivity contribution in [2.24, 2.45) is 49.6 Å². The Balaban J connectivity index is 1.22. The fraction of sp³-hybridized carbons (Fsp3) is 0.545. The third-order valence-electron chi connectivity index (χ3n) is 14.3. The number of rotatable bonds is 20. The van der Waals surface area contributed by atoms with Gasteiger partial charge in [0, 0.05) is 29.5 Å². The van der Waals surface area contributed by atoms with Crippen LogP contribution in [0.25, 0.3) is 0 Å². The van der Waals surface area contributed by atoms with Gasteiger partial charge in [-0.05, 0) is 118 Å². The number of hydrogen-bond acceptors (Lipinski definition) is 10. The van der Waals surface area contributed by atoms with Crippen LogP contribution in [0.3, 0.4) is 0 Å². The average Bonchev–Trinajstić information content (AvgIpc) is 3.99. The van der Waals surface area contributed by atoms with Gasteiger partial charge in [-0.2, -0.15) is 0 Å². The Hall–Kier alpha value is -5.09. The van der Waals surface area contributed by atoms with E-state index >= 15 is 0 Å². The molecular formula is C55H72N4O6. The summed E-state index contributed by atoms with van der Waals surface area (Å²) in [4.78, 5) is 61.7. The number of hydrogen-bond donors (Lipinski definition) is 1. The van der Waals surface area contributed by atoms with Crippen LogP contribution in [0.4, 0.5) is 0 Å². The molecule has 1 fully saturated rings. The van der Waals surface area contributed by atoms with Crippen LogP contribution < -0.4 is 0 Å². The van der Waals surface area contributed by atoms with Gasteiger partial charge < -0.3 is 14.6 Å². The molecule has 1 aliphatic carbocycles. The topological polar surface area (TPSA) is 139 Å². The van der Waals surface area contributed by atoms with Gasteiger partial charge in [0.1, 0.15) is 6.61 Å². The Morgan fingerprint density at radius 3 is 2.11 bits per heavy atom. The van der Waals surface area contributed by atoms with Crippen molar-refractivity contribution in [1.29, 1.82) is 0 Å². The summed E-state index contributed by atoms with van der Waals surface area (Å²) in [6.07, 6.45) is 21.7. The molecule has 348 valence electrons. The number of nitrogens with zero attached hydrogens (tertiary/aromatic N) is 4. The first-order valence-electron chi connectivity index (χ1n) is 24.1. The molecule has 10 nitrogen and oxygen atoms in total. The first-order chi connectivity index (χ1) is 30.9. The highest BCUT2D eigenvalue weighted by atomic mass is 16.5. The van der Waals surface area contributed by atoms with Crippen molar-refractivity contribution in [3.8, 4) is 0 Å².